The molecule has 2 heterocycles. The molecule has 0 atom stereocenters. The number of hydrogen-bond acceptors (Lipinski definition) is 8. The Bertz CT molecular complexity index is 1710. The van der Waals surface area contributed by atoms with E-state index in [2.05, 4.69) is 0 Å². The van der Waals surface area contributed by atoms with Crippen LogP contribution in [0.2, 0.25) is 0 Å². The summed E-state index contributed by atoms with van der Waals surface area (Å²) in [5, 5.41) is 1.03. The zero-order valence-electron chi connectivity index (χ0n) is 24.4. The lowest BCUT2D eigenvalue weighted by Crippen LogP contribution is -2.32. The number of rotatable bonds is 8. The molecule has 4 amide bonds. The van der Waals surface area contributed by atoms with Gasteiger partial charge in [0, 0.05) is 25.7 Å². The van der Waals surface area contributed by atoms with Gasteiger partial charge < -0.3 is 9.68 Å². The SMILES string of the molecule is O=C(ON1C(=O)CCC1=O)c1ccc(C(=C(c2ccccc2)c2ccc(C(=O)ON3C(=O)CCC3=O)cc2)c2ccccc2)cc1. The molecule has 0 aliphatic carbocycles. The lowest BCUT2D eigenvalue weighted by Gasteiger charge is -2.19. The molecule has 228 valence electrons. The average Bonchev–Trinajstić information content (AvgIpc) is 3.58. The number of benzene rings is 4. The number of hydroxylamine groups is 4. The molecule has 46 heavy (non-hydrogen) atoms. The van der Waals surface area contributed by atoms with Gasteiger partial charge in [-0.3, -0.25) is 19.2 Å². The zero-order chi connectivity index (χ0) is 32.2. The Morgan fingerprint density at radius 2 is 0.652 bits per heavy atom. The van der Waals surface area contributed by atoms with Crippen molar-refractivity contribution in [2.75, 3.05) is 0 Å². The van der Waals surface area contributed by atoms with E-state index in [1.54, 1.807) is 48.5 Å². The smallest absolute Gasteiger partial charge is 0.325 e. The van der Waals surface area contributed by atoms with E-state index in [0.717, 1.165) is 33.4 Å². The van der Waals surface area contributed by atoms with Crippen LogP contribution in [-0.2, 0) is 28.9 Å². The fourth-order valence-corrected chi connectivity index (χ4v) is 5.25. The Labute approximate surface area is 263 Å². The van der Waals surface area contributed by atoms with Crippen molar-refractivity contribution in [1.82, 2.24) is 10.1 Å². The summed E-state index contributed by atoms with van der Waals surface area (Å²) >= 11 is 0. The molecule has 10 nitrogen and oxygen atoms in total. The van der Waals surface area contributed by atoms with Gasteiger partial charge in [0.15, 0.2) is 0 Å². The van der Waals surface area contributed by atoms with E-state index in [1.165, 1.54) is 0 Å². The molecule has 2 saturated heterocycles. The fourth-order valence-electron chi connectivity index (χ4n) is 5.25. The van der Waals surface area contributed by atoms with Gasteiger partial charge in [-0.25, -0.2) is 9.59 Å². The third-order valence-corrected chi connectivity index (χ3v) is 7.55. The second kappa shape index (κ2) is 12.8. The van der Waals surface area contributed by atoms with Crippen molar-refractivity contribution in [3.8, 4) is 0 Å². The molecular weight excluding hydrogens is 588 g/mol. The summed E-state index contributed by atoms with van der Waals surface area (Å²) in [5.41, 5.74) is 5.21. The Morgan fingerprint density at radius 3 is 0.957 bits per heavy atom. The lowest BCUT2D eigenvalue weighted by atomic mass is 9.85. The highest BCUT2D eigenvalue weighted by Crippen LogP contribution is 2.37. The van der Waals surface area contributed by atoms with Gasteiger partial charge in [-0.15, -0.1) is 10.1 Å². The Morgan fingerprint density at radius 1 is 0.391 bits per heavy atom. The molecule has 4 aromatic rings. The number of amides is 4. The molecule has 0 radical (unpaired) electrons. The quantitative estimate of drug-likeness (QED) is 0.197. The summed E-state index contributed by atoms with van der Waals surface area (Å²) < 4.78 is 0. The Hall–Kier alpha value is -6.16. The predicted octanol–water partition coefficient (Wildman–Crippen LogP) is 5.14. The van der Waals surface area contributed by atoms with E-state index in [0.29, 0.717) is 10.1 Å². The summed E-state index contributed by atoms with van der Waals surface area (Å²) in [6.07, 6.45) is -0.00594. The summed E-state index contributed by atoms with van der Waals surface area (Å²) in [6, 6.07) is 32.6. The minimum absolute atomic E-state index is 0.00149. The maximum absolute atomic E-state index is 12.8. The van der Waals surface area contributed by atoms with Gasteiger partial charge in [0.2, 0.25) is 0 Å². The standard InChI is InChI=1S/C36H26N2O8/c39-29-19-20-30(40)37(29)45-35(43)27-15-11-25(12-16-27)33(23-7-3-1-4-8-23)34(24-9-5-2-6-10-24)26-13-17-28(18-14-26)36(44)46-38-31(41)21-22-32(38)42/h1-18H,19-22H2. The van der Waals surface area contributed by atoms with Crippen molar-refractivity contribution in [3.63, 3.8) is 0 Å². The monoisotopic (exact) mass is 614 g/mol. The number of imide groups is 2. The van der Waals surface area contributed by atoms with Crippen LogP contribution in [0.4, 0.5) is 0 Å². The van der Waals surface area contributed by atoms with Crippen LogP contribution in [0.1, 0.15) is 68.7 Å². The van der Waals surface area contributed by atoms with Crippen LogP contribution in [0.25, 0.3) is 11.1 Å². The van der Waals surface area contributed by atoms with Gasteiger partial charge in [0.25, 0.3) is 23.6 Å². The highest BCUT2D eigenvalue weighted by molar-refractivity contribution is 6.06. The largest absolute Gasteiger partial charge is 0.363 e. The van der Waals surface area contributed by atoms with E-state index < -0.39 is 35.6 Å². The number of nitrogens with zero attached hydrogens (tertiary/aromatic N) is 2. The molecule has 0 saturated carbocycles. The summed E-state index contributed by atoms with van der Waals surface area (Å²) in [7, 11) is 0. The van der Waals surface area contributed by atoms with E-state index in [4.69, 9.17) is 9.68 Å². The third-order valence-electron chi connectivity index (χ3n) is 7.55. The summed E-state index contributed by atoms with van der Waals surface area (Å²) in [6.45, 7) is 0. The van der Waals surface area contributed by atoms with Crippen LogP contribution in [-0.4, -0.2) is 45.7 Å². The van der Waals surface area contributed by atoms with Gasteiger partial charge in [-0.1, -0.05) is 84.9 Å². The second-order valence-electron chi connectivity index (χ2n) is 10.6. The molecule has 2 aliphatic rings. The number of carbonyl (C=O) groups excluding carboxylic acids is 6. The molecule has 10 heteroatoms. The molecular formula is C36H26N2O8. The molecule has 0 aromatic heterocycles. The number of hydrogen-bond donors (Lipinski definition) is 0. The maximum atomic E-state index is 12.8. The topological polar surface area (TPSA) is 127 Å². The Balaban J connectivity index is 1.39. The van der Waals surface area contributed by atoms with E-state index in [-0.39, 0.29) is 36.8 Å². The minimum atomic E-state index is -0.830. The van der Waals surface area contributed by atoms with Crippen LogP contribution in [0.15, 0.2) is 109 Å². The second-order valence-corrected chi connectivity index (χ2v) is 10.6. The zero-order valence-corrected chi connectivity index (χ0v) is 24.4. The fraction of sp³-hybridized carbons (Fsp3) is 0.111. The van der Waals surface area contributed by atoms with Gasteiger partial charge >= 0.3 is 11.9 Å². The van der Waals surface area contributed by atoms with Crippen LogP contribution >= 0.6 is 0 Å². The maximum Gasteiger partial charge on any atom is 0.363 e. The molecule has 0 N–H and O–H groups in total. The van der Waals surface area contributed by atoms with E-state index in [9.17, 15) is 28.8 Å². The summed E-state index contributed by atoms with van der Waals surface area (Å²) in [5.74, 6) is -3.90. The van der Waals surface area contributed by atoms with Crippen LogP contribution in [0.3, 0.4) is 0 Å². The highest BCUT2D eigenvalue weighted by Gasteiger charge is 2.34. The average molecular weight is 615 g/mol. The first kappa shape index (κ1) is 29.9. The van der Waals surface area contributed by atoms with Crippen molar-refractivity contribution >= 4 is 46.7 Å². The van der Waals surface area contributed by atoms with Gasteiger partial charge in [-0.05, 0) is 57.7 Å². The molecule has 0 spiro atoms. The molecule has 2 aliphatic heterocycles. The van der Waals surface area contributed by atoms with Crippen molar-refractivity contribution in [2.45, 2.75) is 25.7 Å². The van der Waals surface area contributed by atoms with E-state index >= 15 is 0 Å². The van der Waals surface area contributed by atoms with Gasteiger partial charge in [0.05, 0.1) is 11.1 Å². The molecule has 4 aromatic carbocycles. The molecule has 0 bridgehead atoms. The lowest BCUT2D eigenvalue weighted by molar-refractivity contribution is -0.173. The highest BCUT2D eigenvalue weighted by atomic mass is 16.7. The van der Waals surface area contributed by atoms with Crippen LogP contribution in [0.5, 0.6) is 0 Å². The van der Waals surface area contributed by atoms with Crippen molar-refractivity contribution in [2.24, 2.45) is 0 Å². The normalized spacial score (nSPS) is 15.2. The summed E-state index contributed by atoms with van der Waals surface area (Å²) in [4.78, 5) is 83.5. The number of carbonyl (C=O) groups is 6. The van der Waals surface area contributed by atoms with Crippen LogP contribution < -0.4 is 0 Å². The van der Waals surface area contributed by atoms with Crippen LogP contribution in [0, 0.1) is 0 Å². The molecule has 2 fully saturated rings. The van der Waals surface area contributed by atoms with E-state index in [1.807, 2.05) is 60.7 Å². The van der Waals surface area contributed by atoms with Gasteiger partial charge in [-0.2, -0.15) is 0 Å². The first-order chi connectivity index (χ1) is 22.3. The Kier molecular flexibility index (Phi) is 8.34. The molecule has 6 rings (SSSR count). The molecule has 0 unspecified atom stereocenters. The van der Waals surface area contributed by atoms with Gasteiger partial charge in [0.1, 0.15) is 0 Å². The first-order valence-electron chi connectivity index (χ1n) is 14.5. The van der Waals surface area contributed by atoms with Crippen molar-refractivity contribution in [3.05, 3.63) is 143 Å². The van der Waals surface area contributed by atoms with Crippen molar-refractivity contribution in [1.29, 1.82) is 0 Å². The van der Waals surface area contributed by atoms with Crippen molar-refractivity contribution < 1.29 is 38.4 Å². The minimum Gasteiger partial charge on any atom is -0.325 e. The first-order valence-corrected chi connectivity index (χ1v) is 14.5. The third kappa shape index (κ3) is 6.09. The predicted molar refractivity (Wildman–Crippen MR) is 164 cm³/mol.